The van der Waals surface area contributed by atoms with E-state index in [4.69, 9.17) is 52.1 Å². The predicted octanol–water partition coefficient (Wildman–Crippen LogP) is -14.5. The molecule has 37 nitrogen and oxygen atoms in total. The zero-order valence-corrected chi connectivity index (χ0v) is 43.9. The Hall–Kier alpha value is -3.28. The molecule has 0 radical (unpaired) electrons. The summed E-state index contributed by atoms with van der Waals surface area (Å²) in [6.07, 6.45) is -54.5. The van der Waals surface area contributed by atoms with Crippen LogP contribution in [0.3, 0.4) is 0 Å². The summed E-state index contributed by atoms with van der Waals surface area (Å²) in [7, 11) is 0. The molecular weight excluding hydrogens is 1130 g/mol. The summed E-state index contributed by atoms with van der Waals surface area (Å²) in [5.41, 5.74) is 0. The fraction of sp³-hybridized carbons (Fsp3) is 0.911. The van der Waals surface area contributed by atoms with Crippen LogP contribution in [0, 0.1) is 0 Å². The minimum Gasteiger partial charge on any atom is -0.477 e. The second-order valence-corrected chi connectivity index (χ2v) is 20.4. The third kappa shape index (κ3) is 14.7. The van der Waals surface area contributed by atoms with Gasteiger partial charge in [-0.1, -0.05) is 0 Å². The Morgan fingerprint density at radius 1 is 0.500 bits per heavy atom. The molecule has 3 amide bonds. The molecule has 31 atom stereocenters. The van der Waals surface area contributed by atoms with E-state index in [1.807, 2.05) is 0 Å². The molecule has 6 rings (SSSR count). The molecular formula is C45H75N3O34. The molecule has 0 aliphatic carbocycles. The van der Waals surface area contributed by atoms with Gasteiger partial charge in [-0.2, -0.15) is 0 Å². The van der Waals surface area contributed by atoms with Crippen molar-refractivity contribution >= 4 is 23.7 Å². The van der Waals surface area contributed by atoms with Crippen LogP contribution in [0.5, 0.6) is 0 Å². The highest BCUT2D eigenvalue weighted by atomic mass is 16.8. The highest BCUT2D eigenvalue weighted by Gasteiger charge is 2.61. The van der Waals surface area contributed by atoms with Gasteiger partial charge in [0.25, 0.3) is 5.79 Å². The maximum atomic E-state index is 13.0. The third-order valence-electron chi connectivity index (χ3n) is 14.6. The molecule has 474 valence electrons. The molecule has 6 aliphatic rings. The lowest BCUT2D eigenvalue weighted by Crippen LogP contribution is -2.71. The predicted molar refractivity (Wildman–Crippen MR) is 251 cm³/mol. The van der Waals surface area contributed by atoms with Crippen LogP contribution in [0.4, 0.5) is 0 Å². The van der Waals surface area contributed by atoms with Crippen molar-refractivity contribution in [1.82, 2.24) is 16.0 Å². The summed E-state index contributed by atoms with van der Waals surface area (Å²) in [4.78, 5) is 49.9. The number of aliphatic carboxylic acids is 1. The Balaban J connectivity index is 1.15. The van der Waals surface area contributed by atoms with Gasteiger partial charge in [0.15, 0.2) is 31.5 Å². The first-order chi connectivity index (χ1) is 38.6. The van der Waals surface area contributed by atoms with Crippen LogP contribution in [0.15, 0.2) is 0 Å². The molecule has 6 aliphatic heterocycles. The number of hydrogen-bond donors (Lipinski definition) is 22. The van der Waals surface area contributed by atoms with E-state index >= 15 is 0 Å². The van der Waals surface area contributed by atoms with Crippen LogP contribution in [0.2, 0.25) is 0 Å². The monoisotopic (exact) mass is 1200 g/mol. The number of carbonyl (C=O) groups excluding carboxylic acids is 3. The number of ether oxygens (including phenoxy) is 11. The minimum atomic E-state index is -3.18. The Bertz CT molecular complexity index is 2090. The number of carboxylic acid groups (broad SMARTS) is 1. The van der Waals surface area contributed by atoms with Crippen LogP contribution < -0.4 is 16.0 Å². The first-order valence-electron chi connectivity index (χ1n) is 25.7. The Labute approximate surface area is 463 Å². The summed E-state index contributed by atoms with van der Waals surface area (Å²) in [6, 6.07) is -5.12. The van der Waals surface area contributed by atoms with Gasteiger partial charge in [0.05, 0.1) is 51.8 Å². The topological polar surface area (TPSA) is 590 Å². The Morgan fingerprint density at radius 2 is 0.951 bits per heavy atom. The summed E-state index contributed by atoms with van der Waals surface area (Å²) < 4.78 is 62.3. The van der Waals surface area contributed by atoms with E-state index in [2.05, 4.69) is 16.0 Å². The molecule has 22 N–H and O–H groups in total. The number of carbonyl (C=O) groups is 4. The highest BCUT2D eigenvalue weighted by molar-refractivity contribution is 5.77. The first-order valence-corrected chi connectivity index (χ1v) is 25.7. The van der Waals surface area contributed by atoms with E-state index < -0.39 is 259 Å². The standard InChI is InChI=1S/C45H75N3O34/c1-11(54)46-21-14(57)4-45(44(70)71,81-36(21)24(59)15(58)5-49)82-37-27(62)17(7-51)75-43(33(37)68)79-34-18(8-52)76-40(22(28(34)63)47-12(2)55)72-10-20-26(61)31(66)38(39(69)73-20)80-41-23(48-13(3)56)29(64)35(19(9-53)77-41)78-42-32(67)30(65)25(60)16(6-50)74-42/h14-43,49-53,57-69H,4-10H2,1-3H3,(H,46,54)(H,47,55)(H,48,56)(H,70,71)/t14-,15+,16+,17+,18+,19+,20+,21+,22+,23+,24+,25-,26+,27-,28+,29+,30-,31-,32+,33+,34+,35+,36+,37-,38-,39+,40+,41-,42-,43-,45-/m0/s1. The van der Waals surface area contributed by atoms with Gasteiger partial charge in [-0.3, -0.25) is 14.4 Å². The third-order valence-corrected chi connectivity index (χ3v) is 14.6. The van der Waals surface area contributed by atoms with Crippen molar-refractivity contribution in [3.63, 3.8) is 0 Å². The van der Waals surface area contributed by atoms with E-state index in [1.54, 1.807) is 0 Å². The molecule has 0 aromatic carbocycles. The van der Waals surface area contributed by atoms with E-state index in [0.29, 0.717) is 0 Å². The van der Waals surface area contributed by atoms with Crippen LogP contribution in [-0.4, -0.2) is 350 Å². The van der Waals surface area contributed by atoms with Crippen molar-refractivity contribution in [2.24, 2.45) is 0 Å². The molecule has 82 heavy (non-hydrogen) atoms. The number of aliphatic hydroxyl groups excluding tert-OH is 18. The normalized spacial score (nSPS) is 46.3. The van der Waals surface area contributed by atoms with Crippen molar-refractivity contribution in [2.75, 3.05) is 39.6 Å². The Morgan fingerprint density at radius 3 is 1.45 bits per heavy atom. The molecule has 0 aromatic rings. The van der Waals surface area contributed by atoms with Crippen molar-refractivity contribution in [1.29, 1.82) is 0 Å². The molecule has 0 aromatic heterocycles. The summed E-state index contributed by atoms with van der Waals surface area (Å²) >= 11 is 0. The fourth-order valence-corrected chi connectivity index (χ4v) is 10.3. The van der Waals surface area contributed by atoms with Crippen molar-refractivity contribution in [2.45, 2.75) is 217 Å². The number of aliphatic hydroxyl groups is 18. The lowest BCUT2D eigenvalue weighted by Gasteiger charge is -2.51. The molecule has 0 saturated carbocycles. The fourth-order valence-electron chi connectivity index (χ4n) is 10.3. The second-order valence-electron chi connectivity index (χ2n) is 20.4. The van der Waals surface area contributed by atoms with E-state index in [-0.39, 0.29) is 0 Å². The quantitative estimate of drug-likeness (QED) is 0.0479. The largest absolute Gasteiger partial charge is 0.477 e. The molecule has 6 heterocycles. The minimum absolute atomic E-state index is 0.820. The lowest BCUT2D eigenvalue weighted by molar-refractivity contribution is -0.384. The molecule has 0 bridgehead atoms. The van der Waals surface area contributed by atoms with Crippen molar-refractivity contribution in [3.05, 3.63) is 0 Å². The number of hydrogen-bond acceptors (Lipinski definition) is 33. The zero-order valence-electron chi connectivity index (χ0n) is 43.9. The van der Waals surface area contributed by atoms with E-state index in [0.717, 1.165) is 20.8 Å². The van der Waals surface area contributed by atoms with Crippen molar-refractivity contribution in [3.8, 4) is 0 Å². The van der Waals surface area contributed by atoms with Gasteiger partial charge in [0.2, 0.25) is 17.7 Å². The summed E-state index contributed by atoms with van der Waals surface area (Å²) in [6.45, 7) is -3.07. The van der Waals surface area contributed by atoms with Crippen LogP contribution in [0.25, 0.3) is 0 Å². The number of carboxylic acids is 1. The number of nitrogens with one attached hydrogen (secondary N) is 3. The highest BCUT2D eigenvalue weighted by Crippen LogP contribution is 2.39. The molecule has 0 unspecified atom stereocenters. The van der Waals surface area contributed by atoms with Gasteiger partial charge in [0, 0.05) is 27.2 Å². The molecule has 6 saturated heterocycles. The first kappa shape index (κ1) is 67.8. The SMILES string of the molecule is CC(=O)N[C@H]1[C@H](O[C@H]2[C@@H](O)[C@H](O)[C@@H](CO[C@@H]3O[C@H](CO)[C@@H](O[C@@H]4O[C@H](CO)[C@H](O)[C@H](O[C@]5(C(=O)O)C[C@H](O)[C@@H](NC(C)=O)[C@H]([C@H](O)[C@H](O)CO)O5)[C@H]4O)[C@H](O)[C@H]3NC(C)=O)O[C@H]2O)O[C@H](CO)[C@@H](O[C@@H]2O[C@H](CO)[C@H](O)[C@H](O)[C@H]2O)[C@@H]1O. The van der Waals surface area contributed by atoms with E-state index in [9.17, 15) is 116 Å². The zero-order chi connectivity index (χ0) is 61.0. The summed E-state index contributed by atoms with van der Waals surface area (Å²) in [5.74, 6) is -7.75. The van der Waals surface area contributed by atoms with Crippen molar-refractivity contribution < 1.29 is 168 Å². The smallest absolute Gasteiger partial charge is 0.364 e. The number of rotatable bonds is 22. The van der Waals surface area contributed by atoms with E-state index in [1.165, 1.54) is 0 Å². The average molecular weight is 1200 g/mol. The second kappa shape index (κ2) is 28.9. The van der Waals surface area contributed by atoms with Gasteiger partial charge in [-0.05, 0) is 0 Å². The van der Waals surface area contributed by atoms with Crippen LogP contribution >= 0.6 is 0 Å². The van der Waals surface area contributed by atoms with Gasteiger partial charge >= 0.3 is 5.97 Å². The van der Waals surface area contributed by atoms with Crippen LogP contribution in [-0.2, 0) is 71.3 Å². The molecule has 37 heteroatoms. The maximum Gasteiger partial charge on any atom is 0.364 e. The van der Waals surface area contributed by atoms with Gasteiger partial charge < -0.3 is 165 Å². The van der Waals surface area contributed by atoms with Gasteiger partial charge in [0.1, 0.15) is 140 Å². The molecule has 6 fully saturated rings. The van der Waals surface area contributed by atoms with Gasteiger partial charge in [-0.15, -0.1) is 0 Å². The Kier molecular flexibility index (Phi) is 23.9. The average Bonchev–Trinajstić information content (AvgIpc) is 2.06. The molecule has 0 spiro atoms. The maximum absolute atomic E-state index is 13.0. The summed E-state index contributed by atoms with van der Waals surface area (Å²) in [5, 5.41) is 211. The number of amides is 3. The van der Waals surface area contributed by atoms with Crippen LogP contribution in [0.1, 0.15) is 27.2 Å². The van der Waals surface area contributed by atoms with Gasteiger partial charge in [-0.25, -0.2) is 4.79 Å². The lowest BCUT2D eigenvalue weighted by atomic mass is 9.88.